The number of nitrogens with two attached hydrogens (primary N) is 1. The molecule has 0 aliphatic rings. The third-order valence-electron chi connectivity index (χ3n) is 2.94. The molecule has 3 nitrogen and oxygen atoms in total. The van der Waals surface area contributed by atoms with E-state index in [0.29, 0.717) is 11.3 Å². The first kappa shape index (κ1) is 14.6. The fourth-order valence-corrected chi connectivity index (χ4v) is 2.82. The van der Waals surface area contributed by atoms with Crippen LogP contribution in [0.5, 0.6) is 0 Å². The normalized spacial score (nSPS) is 12.1. The van der Waals surface area contributed by atoms with E-state index in [9.17, 15) is 9.90 Å². The predicted octanol–water partition coefficient (Wildman–Crippen LogP) is 2.75. The van der Waals surface area contributed by atoms with E-state index >= 15 is 0 Å². The van der Waals surface area contributed by atoms with Gasteiger partial charge in [0.05, 0.1) is 6.10 Å². The number of hydrogen-bond acceptors (Lipinski definition) is 3. The van der Waals surface area contributed by atoms with Crippen LogP contribution in [0.4, 0.5) is 0 Å². The minimum Gasteiger partial charge on any atom is -0.388 e. The van der Waals surface area contributed by atoms with Gasteiger partial charge in [0.25, 0.3) is 0 Å². The average molecular weight is 287 g/mol. The fraction of sp³-hybridized carbons (Fsp3) is 0.188. The summed E-state index contributed by atoms with van der Waals surface area (Å²) in [6, 6.07) is 16.9. The van der Waals surface area contributed by atoms with Gasteiger partial charge in [-0.3, -0.25) is 4.79 Å². The first-order chi connectivity index (χ1) is 9.66. The van der Waals surface area contributed by atoms with Gasteiger partial charge in [-0.2, -0.15) is 11.8 Å². The number of thioether (sulfide) groups is 1. The molecule has 0 aromatic heterocycles. The van der Waals surface area contributed by atoms with Gasteiger partial charge < -0.3 is 10.8 Å². The Labute approximate surface area is 122 Å². The molecule has 1 atom stereocenters. The lowest BCUT2D eigenvalue weighted by Crippen LogP contribution is -2.10. The monoisotopic (exact) mass is 287 g/mol. The van der Waals surface area contributed by atoms with E-state index in [-0.39, 0.29) is 0 Å². The molecule has 0 saturated heterocycles. The van der Waals surface area contributed by atoms with Gasteiger partial charge >= 0.3 is 0 Å². The number of carbonyl (C=O) groups is 1. The van der Waals surface area contributed by atoms with Gasteiger partial charge in [0.1, 0.15) is 0 Å². The highest BCUT2D eigenvalue weighted by Crippen LogP contribution is 2.21. The summed E-state index contributed by atoms with van der Waals surface area (Å²) in [4.78, 5) is 11.1. The summed E-state index contributed by atoms with van der Waals surface area (Å²) in [5, 5.41) is 10.0. The number of aliphatic hydroxyl groups is 1. The van der Waals surface area contributed by atoms with Crippen molar-refractivity contribution < 1.29 is 9.90 Å². The molecule has 0 spiro atoms. The van der Waals surface area contributed by atoms with Crippen molar-refractivity contribution in [2.75, 3.05) is 5.75 Å². The summed E-state index contributed by atoms with van der Waals surface area (Å²) in [6.07, 6.45) is -0.472. The lowest BCUT2D eigenvalue weighted by Gasteiger charge is -2.10. The number of benzene rings is 2. The minimum atomic E-state index is -0.472. The van der Waals surface area contributed by atoms with E-state index in [1.54, 1.807) is 23.9 Å². The highest BCUT2D eigenvalue weighted by Gasteiger charge is 2.07. The van der Waals surface area contributed by atoms with Crippen LogP contribution in [0.25, 0.3) is 0 Å². The molecule has 2 aromatic carbocycles. The van der Waals surface area contributed by atoms with Crippen molar-refractivity contribution in [3.63, 3.8) is 0 Å². The molecule has 0 fully saturated rings. The molecule has 2 aromatic rings. The maximum absolute atomic E-state index is 11.1. The molecule has 0 unspecified atom stereocenters. The van der Waals surface area contributed by atoms with Crippen molar-refractivity contribution in [1.82, 2.24) is 0 Å². The second kappa shape index (κ2) is 7.12. The Morgan fingerprint density at radius 1 is 1.15 bits per heavy atom. The first-order valence-corrected chi connectivity index (χ1v) is 7.52. The number of amides is 1. The van der Waals surface area contributed by atoms with Gasteiger partial charge in [0, 0.05) is 17.1 Å². The zero-order valence-corrected chi connectivity index (χ0v) is 11.8. The lowest BCUT2D eigenvalue weighted by atomic mass is 10.1. The van der Waals surface area contributed by atoms with Gasteiger partial charge in [-0.25, -0.2) is 0 Å². The Balaban J connectivity index is 1.87. The van der Waals surface area contributed by atoms with E-state index in [4.69, 9.17) is 5.73 Å². The van der Waals surface area contributed by atoms with Crippen LogP contribution in [0.15, 0.2) is 54.6 Å². The van der Waals surface area contributed by atoms with Crippen molar-refractivity contribution >= 4 is 17.7 Å². The Morgan fingerprint density at radius 2 is 1.90 bits per heavy atom. The maximum atomic E-state index is 11.1. The Morgan fingerprint density at radius 3 is 2.60 bits per heavy atom. The molecule has 0 aliphatic heterocycles. The highest BCUT2D eigenvalue weighted by atomic mass is 32.2. The van der Waals surface area contributed by atoms with Crippen LogP contribution in [0, 0.1) is 0 Å². The number of carbonyl (C=O) groups excluding carboxylic acids is 1. The second-order valence-electron chi connectivity index (χ2n) is 4.51. The van der Waals surface area contributed by atoms with Crippen molar-refractivity contribution in [2.45, 2.75) is 11.9 Å². The Kier molecular flexibility index (Phi) is 5.21. The summed E-state index contributed by atoms with van der Waals surface area (Å²) in [6.45, 7) is 0. The molecule has 104 valence electrons. The molecule has 0 heterocycles. The SMILES string of the molecule is NC(=O)c1cccc(CSC[C@H](O)c2ccccc2)c1. The average Bonchev–Trinajstić information content (AvgIpc) is 2.48. The summed E-state index contributed by atoms with van der Waals surface area (Å²) < 4.78 is 0. The van der Waals surface area contributed by atoms with E-state index in [1.165, 1.54) is 0 Å². The van der Waals surface area contributed by atoms with Crippen molar-refractivity contribution in [3.05, 3.63) is 71.3 Å². The van der Waals surface area contributed by atoms with Crippen LogP contribution in [0.1, 0.15) is 27.6 Å². The molecule has 0 saturated carbocycles. The van der Waals surface area contributed by atoms with Gasteiger partial charge in [0.15, 0.2) is 0 Å². The Hall–Kier alpha value is -1.78. The maximum Gasteiger partial charge on any atom is 0.248 e. The second-order valence-corrected chi connectivity index (χ2v) is 5.54. The number of aliphatic hydroxyl groups excluding tert-OH is 1. The molecule has 2 rings (SSSR count). The van der Waals surface area contributed by atoms with E-state index in [1.807, 2.05) is 42.5 Å². The van der Waals surface area contributed by atoms with Gasteiger partial charge in [0.2, 0.25) is 5.91 Å². The molecule has 1 amide bonds. The quantitative estimate of drug-likeness (QED) is 0.858. The molecule has 3 N–H and O–H groups in total. The fourth-order valence-electron chi connectivity index (χ4n) is 1.87. The number of hydrogen-bond donors (Lipinski definition) is 2. The molecular formula is C16H17NO2S. The van der Waals surface area contributed by atoms with E-state index in [0.717, 1.165) is 16.9 Å². The zero-order chi connectivity index (χ0) is 14.4. The minimum absolute atomic E-state index is 0.416. The molecule has 0 bridgehead atoms. The summed E-state index contributed by atoms with van der Waals surface area (Å²) >= 11 is 1.63. The van der Waals surface area contributed by atoms with E-state index < -0.39 is 12.0 Å². The Bertz CT molecular complexity index is 572. The first-order valence-electron chi connectivity index (χ1n) is 6.36. The molecule has 0 radical (unpaired) electrons. The van der Waals surface area contributed by atoms with Crippen LogP contribution < -0.4 is 5.73 Å². The largest absolute Gasteiger partial charge is 0.388 e. The van der Waals surface area contributed by atoms with Gasteiger partial charge in [-0.05, 0) is 23.3 Å². The van der Waals surface area contributed by atoms with Crippen molar-refractivity contribution in [2.24, 2.45) is 5.73 Å². The van der Waals surface area contributed by atoms with Crippen LogP contribution in [0.3, 0.4) is 0 Å². The van der Waals surface area contributed by atoms with Crippen molar-refractivity contribution in [1.29, 1.82) is 0 Å². The number of rotatable bonds is 6. The molecule has 4 heteroatoms. The summed E-state index contributed by atoms with van der Waals surface area (Å²) in [5.41, 5.74) is 7.73. The van der Waals surface area contributed by atoms with Crippen LogP contribution in [-0.2, 0) is 5.75 Å². The van der Waals surface area contributed by atoms with E-state index in [2.05, 4.69) is 0 Å². The lowest BCUT2D eigenvalue weighted by molar-refractivity contribution is 0.1000. The third-order valence-corrected chi connectivity index (χ3v) is 4.03. The van der Waals surface area contributed by atoms with Crippen LogP contribution in [-0.4, -0.2) is 16.8 Å². The summed E-state index contributed by atoms with van der Waals surface area (Å²) in [5.74, 6) is 0.941. The van der Waals surface area contributed by atoms with Gasteiger partial charge in [-0.1, -0.05) is 42.5 Å². The topological polar surface area (TPSA) is 63.3 Å². The van der Waals surface area contributed by atoms with Crippen LogP contribution >= 0.6 is 11.8 Å². The summed E-state index contributed by atoms with van der Waals surface area (Å²) in [7, 11) is 0. The van der Waals surface area contributed by atoms with Crippen molar-refractivity contribution in [3.8, 4) is 0 Å². The molecule has 20 heavy (non-hydrogen) atoms. The third kappa shape index (κ3) is 4.11. The predicted molar refractivity (Wildman–Crippen MR) is 82.5 cm³/mol. The highest BCUT2D eigenvalue weighted by molar-refractivity contribution is 7.98. The molecule has 0 aliphatic carbocycles. The van der Waals surface area contributed by atoms with Gasteiger partial charge in [-0.15, -0.1) is 0 Å². The standard InChI is InChI=1S/C16H17NO2S/c17-16(19)14-8-4-5-12(9-14)10-20-11-15(18)13-6-2-1-3-7-13/h1-9,15,18H,10-11H2,(H2,17,19)/t15-/m0/s1. The zero-order valence-electron chi connectivity index (χ0n) is 11.0. The smallest absolute Gasteiger partial charge is 0.248 e. The molecular weight excluding hydrogens is 270 g/mol. The van der Waals surface area contributed by atoms with Crippen LogP contribution in [0.2, 0.25) is 0 Å². The number of primary amides is 1.